The molecule has 0 aliphatic heterocycles. The molecule has 1 heterocycles. The maximum absolute atomic E-state index is 9.84. The van der Waals surface area contributed by atoms with Crippen LogP contribution in [0.25, 0.3) is 0 Å². The number of rotatable bonds is 2. The summed E-state index contributed by atoms with van der Waals surface area (Å²) in [7, 11) is 0. The highest BCUT2D eigenvalue weighted by atomic mass is 16.1. The molecule has 0 radical (unpaired) electrons. The van der Waals surface area contributed by atoms with Crippen molar-refractivity contribution in [1.29, 1.82) is 0 Å². The first-order valence-electron chi connectivity index (χ1n) is 2.47. The van der Waals surface area contributed by atoms with Gasteiger partial charge in [-0.05, 0) is 12.1 Å². The summed E-state index contributed by atoms with van der Waals surface area (Å²) in [5.41, 5.74) is 7.74. The summed E-state index contributed by atoms with van der Waals surface area (Å²) in [6.45, 7) is 0. The molecule has 0 unspecified atom stereocenters. The molecule has 0 spiro atoms. The van der Waals surface area contributed by atoms with Crippen LogP contribution < -0.4 is 11.2 Å². The fourth-order valence-electron chi connectivity index (χ4n) is 0.568. The molecule has 0 bridgehead atoms. The first kappa shape index (κ1) is 5.68. The zero-order valence-electron chi connectivity index (χ0n) is 4.74. The maximum atomic E-state index is 9.84. The highest BCUT2D eigenvalue weighted by Crippen LogP contribution is 1.97. The second-order valence-electron chi connectivity index (χ2n) is 1.55. The van der Waals surface area contributed by atoms with Crippen LogP contribution in [0.1, 0.15) is 0 Å². The van der Waals surface area contributed by atoms with Crippen molar-refractivity contribution in [2.45, 2.75) is 0 Å². The Kier molecular flexibility index (Phi) is 1.40. The van der Waals surface area contributed by atoms with E-state index in [-0.39, 0.29) is 0 Å². The predicted molar refractivity (Wildman–Crippen MR) is 34.3 cm³/mol. The van der Waals surface area contributed by atoms with Crippen LogP contribution in [-0.2, 0) is 4.79 Å². The molecular formula is C5H7N3O. The second kappa shape index (κ2) is 2.21. The van der Waals surface area contributed by atoms with Gasteiger partial charge in [0, 0.05) is 6.20 Å². The van der Waals surface area contributed by atoms with Crippen molar-refractivity contribution in [2.75, 3.05) is 11.2 Å². The molecule has 0 saturated carbocycles. The van der Waals surface area contributed by atoms with E-state index in [1.807, 2.05) is 0 Å². The number of nitrogens with one attached hydrogen (secondary N) is 1. The molecule has 0 saturated heterocycles. The topological polar surface area (TPSA) is 60.0 Å². The summed E-state index contributed by atoms with van der Waals surface area (Å²) in [4.78, 5) is 9.84. The van der Waals surface area contributed by atoms with E-state index in [4.69, 9.17) is 5.73 Å². The molecule has 9 heavy (non-hydrogen) atoms. The molecule has 0 fully saturated rings. The summed E-state index contributed by atoms with van der Waals surface area (Å²) >= 11 is 0. The maximum Gasteiger partial charge on any atom is 0.226 e. The second-order valence-corrected chi connectivity index (χ2v) is 1.55. The van der Waals surface area contributed by atoms with Crippen LogP contribution in [0.3, 0.4) is 0 Å². The molecule has 4 nitrogen and oxygen atoms in total. The fraction of sp³-hybridized carbons (Fsp3) is 0. The lowest BCUT2D eigenvalue weighted by Crippen LogP contribution is -2.13. The van der Waals surface area contributed by atoms with Crippen LogP contribution in [0.5, 0.6) is 0 Å². The van der Waals surface area contributed by atoms with Gasteiger partial charge < -0.3 is 5.73 Å². The van der Waals surface area contributed by atoms with Crippen LogP contribution >= 0.6 is 0 Å². The summed E-state index contributed by atoms with van der Waals surface area (Å²) in [6, 6.07) is 3.43. The lowest BCUT2D eigenvalue weighted by atomic mass is 10.6. The Bertz CT molecular complexity index is 206. The summed E-state index contributed by atoms with van der Waals surface area (Å²) < 4.78 is 1.42. The molecule has 0 atom stereocenters. The van der Waals surface area contributed by atoms with E-state index in [2.05, 4.69) is 5.43 Å². The quantitative estimate of drug-likeness (QED) is 0.536. The molecule has 0 aromatic carbocycles. The fourth-order valence-corrected chi connectivity index (χ4v) is 0.568. The van der Waals surface area contributed by atoms with Gasteiger partial charge in [-0.25, -0.2) is 4.68 Å². The number of hydrogen-bond acceptors (Lipinski definition) is 2. The Morgan fingerprint density at radius 3 is 3.00 bits per heavy atom. The predicted octanol–water partition coefficient (Wildman–Crippen LogP) is -0.230. The van der Waals surface area contributed by atoms with E-state index in [1.54, 1.807) is 18.3 Å². The third-order valence-corrected chi connectivity index (χ3v) is 0.972. The van der Waals surface area contributed by atoms with Crippen molar-refractivity contribution in [2.24, 2.45) is 0 Å². The Hall–Kier alpha value is -1.45. The molecule has 1 rings (SSSR count). The first-order valence-corrected chi connectivity index (χ1v) is 2.47. The molecule has 1 aromatic rings. The number of nitrogens with two attached hydrogens (primary N) is 1. The van der Waals surface area contributed by atoms with Crippen molar-refractivity contribution in [3.05, 3.63) is 18.3 Å². The van der Waals surface area contributed by atoms with Crippen molar-refractivity contribution < 1.29 is 4.79 Å². The third kappa shape index (κ3) is 1.02. The van der Waals surface area contributed by atoms with Crippen molar-refractivity contribution in [1.82, 2.24) is 4.68 Å². The molecule has 4 heteroatoms. The summed E-state index contributed by atoms with van der Waals surface area (Å²) in [5.74, 6) is 0.516. The lowest BCUT2D eigenvalue weighted by Gasteiger charge is -1.99. The Balaban J connectivity index is 2.80. The molecule has 1 amide bonds. The Labute approximate surface area is 52.2 Å². The molecular weight excluding hydrogens is 118 g/mol. The zero-order valence-corrected chi connectivity index (χ0v) is 4.74. The molecule has 48 valence electrons. The Morgan fingerprint density at radius 1 is 1.78 bits per heavy atom. The van der Waals surface area contributed by atoms with Gasteiger partial charge in [0.05, 0.1) is 0 Å². The summed E-state index contributed by atoms with van der Waals surface area (Å²) in [6.07, 6.45) is 2.22. The number of anilines is 1. The average molecular weight is 125 g/mol. The normalized spacial score (nSPS) is 8.89. The summed E-state index contributed by atoms with van der Waals surface area (Å²) in [5, 5.41) is 0. The standard InChI is InChI=1S/C5H7N3O/c6-5-2-1-3-8(5)7-4-9/h1-4H,6H2,(H,7,9). The minimum atomic E-state index is 0.516. The lowest BCUT2D eigenvalue weighted by molar-refractivity contribution is -0.106. The van der Waals surface area contributed by atoms with Crippen molar-refractivity contribution >= 4 is 12.2 Å². The van der Waals surface area contributed by atoms with Gasteiger partial charge in [0.15, 0.2) is 0 Å². The van der Waals surface area contributed by atoms with Crippen LogP contribution in [0.15, 0.2) is 18.3 Å². The molecule has 0 aliphatic carbocycles. The van der Waals surface area contributed by atoms with Crippen LogP contribution in [0.2, 0.25) is 0 Å². The van der Waals surface area contributed by atoms with E-state index in [1.165, 1.54) is 4.68 Å². The third-order valence-electron chi connectivity index (χ3n) is 0.972. The van der Waals surface area contributed by atoms with E-state index in [9.17, 15) is 4.79 Å². The zero-order chi connectivity index (χ0) is 6.69. The minimum absolute atomic E-state index is 0.516. The minimum Gasteiger partial charge on any atom is -0.384 e. The molecule has 1 aromatic heterocycles. The number of nitrogens with zero attached hydrogens (tertiary/aromatic N) is 1. The monoisotopic (exact) mass is 125 g/mol. The highest BCUT2D eigenvalue weighted by molar-refractivity contribution is 5.58. The van der Waals surface area contributed by atoms with E-state index < -0.39 is 0 Å². The first-order chi connectivity index (χ1) is 4.34. The van der Waals surface area contributed by atoms with Crippen LogP contribution in [0.4, 0.5) is 5.82 Å². The van der Waals surface area contributed by atoms with E-state index >= 15 is 0 Å². The van der Waals surface area contributed by atoms with Gasteiger partial charge in [-0.15, -0.1) is 0 Å². The van der Waals surface area contributed by atoms with E-state index in [0.717, 1.165) is 0 Å². The number of amides is 1. The Morgan fingerprint density at radius 2 is 2.56 bits per heavy atom. The number of hydrogen-bond donors (Lipinski definition) is 2. The van der Waals surface area contributed by atoms with Gasteiger partial charge in [-0.1, -0.05) is 0 Å². The average Bonchev–Trinajstić information content (AvgIpc) is 2.18. The highest BCUT2D eigenvalue weighted by Gasteiger charge is 1.89. The van der Waals surface area contributed by atoms with Crippen molar-refractivity contribution in [3.63, 3.8) is 0 Å². The van der Waals surface area contributed by atoms with E-state index in [0.29, 0.717) is 12.2 Å². The number of nitrogen functional groups attached to an aromatic ring is 1. The smallest absolute Gasteiger partial charge is 0.226 e. The van der Waals surface area contributed by atoms with Gasteiger partial charge in [0.2, 0.25) is 6.41 Å². The number of carbonyl (C=O) groups excluding carboxylic acids is 1. The van der Waals surface area contributed by atoms with Gasteiger partial charge in [-0.3, -0.25) is 10.2 Å². The number of carbonyl (C=O) groups is 1. The van der Waals surface area contributed by atoms with Crippen LogP contribution in [0, 0.1) is 0 Å². The van der Waals surface area contributed by atoms with Gasteiger partial charge in [0.25, 0.3) is 0 Å². The largest absolute Gasteiger partial charge is 0.384 e. The van der Waals surface area contributed by atoms with Gasteiger partial charge >= 0.3 is 0 Å². The SMILES string of the molecule is Nc1cccn1NC=O. The number of aromatic nitrogens is 1. The van der Waals surface area contributed by atoms with Gasteiger partial charge in [-0.2, -0.15) is 0 Å². The van der Waals surface area contributed by atoms with Crippen molar-refractivity contribution in [3.8, 4) is 0 Å². The van der Waals surface area contributed by atoms with Gasteiger partial charge in [0.1, 0.15) is 5.82 Å². The molecule has 0 aliphatic rings. The molecule has 3 N–H and O–H groups in total. The van der Waals surface area contributed by atoms with Crippen LogP contribution in [-0.4, -0.2) is 11.1 Å².